The monoisotopic (exact) mass is 415 g/mol. The fourth-order valence-corrected chi connectivity index (χ4v) is 2.58. The van der Waals surface area contributed by atoms with Crippen molar-refractivity contribution in [2.45, 2.75) is 39.3 Å². The topological polar surface area (TPSA) is 64.7 Å². The highest BCUT2D eigenvalue weighted by Gasteiger charge is 2.22. The summed E-state index contributed by atoms with van der Waals surface area (Å²) in [6, 6.07) is 0.592. The summed E-state index contributed by atoms with van der Waals surface area (Å²) in [5.41, 5.74) is -0.952. The zero-order valence-corrected chi connectivity index (χ0v) is 15.0. The maximum atomic E-state index is 12.9. The molecule has 12 heteroatoms. The smallest absolute Gasteiger partial charge is 0.282 e. The largest absolute Gasteiger partial charge is 0.354 e. The molecule has 0 saturated carbocycles. The van der Waals surface area contributed by atoms with Crippen molar-refractivity contribution in [1.29, 1.82) is 0 Å². The molecule has 0 atom stereocenters. The van der Waals surface area contributed by atoms with Crippen LogP contribution in [0.4, 0.5) is 17.6 Å². The van der Waals surface area contributed by atoms with Crippen LogP contribution in [0.1, 0.15) is 36.4 Å². The lowest BCUT2D eigenvalue weighted by atomic mass is 10.3. The van der Waals surface area contributed by atoms with E-state index in [0.717, 1.165) is 0 Å². The average Bonchev–Trinajstić information content (AvgIpc) is 3.09. The van der Waals surface area contributed by atoms with Crippen LogP contribution in [0.3, 0.4) is 0 Å². The van der Waals surface area contributed by atoms with E-state index in [1.165, 1.54) is 4.68 Å². The number of nitrogens with one attached hydrogen (secondary N) is 1. The molecule has 1 amide bonds. The molecule has 2 aromatic rings. The Labute approximate surface area is 156 Å². The van der Waals surface area contributed by atoms with E-state index in [1.54, 1.807) is 6.92 Å². The summed E-state index contributed by atoms with van der Waals surface area (Å²) in [6.45, 7) is 1.70. The predicted octanol–water partition coefficient (Wildman–Crippen LogP) is 3.78. The Balaban J connectivity index is 1.86. The maximum Gasteiger partial charge on any atom is 0.282 e. The van der Waals surface area contributed by atoms with Crippen LogP contribution in [0.15, 0.2) is 6.07 Å². The van der Waals surface area contributed by atoms with Gasteiger partial charge in [0.1, 0.15) is 28.1 Å². The minimum atomic E-state index is -3.02. The molecule has 1 N–H and O–H groups in total. The third-order valence-corrected chi connectivity index (χ3v) is 4.37. The summed E-state index contributed by atoms with van der Waals surface area (Å²) in [7, 11) is 0. The first-order valence-electron chi connectivity index (χ1n) is 7.49. The van der Waals surface area contributed by atoms with Gasteiger partial charge in [0.2, 0.25) is 5.91 Å². The minimum Gasteiger partial charge on any atom is -0.354 e. The van der Waals surface area contributed by atoms with Gasteiger partial charge in [-0.05, 0) is 19.4 Å². The Bertz CT molecular complexity index is 778. The standard InChI is InChI=1S/C14H15Cl2F4N5O/c1-7-11(15)12(16)24(22-7)4-2-3-21-10(26)6-25-9(14(19)20)5-8(23-25)13(17)18/h5,13-14H,2-4,6H2,1H3,(H,21,26). The van der Waals surface area contributed by atoms with Gasteiger partial charge in [-0.1, -0.05) is 23.2 Å². The van der Waals surface area contributed by atoms with E-state index in [4.69, 9.17) is 23.2 Å². The Morgan fingerprint density at radius 3 is 2.42 bits per heavy atom. The summed E-state index contributed by atoms with van der Waals surface area (Å²) in [5, 5.41) is 10.6. The van der Waals surface area contributed by atoms with Gasteiger partial charge in [0.05, 0.1) is 5.69 Å². The molecule has 0 spiro atoms. The number of carbonyl (C=O) groups is 1. The first kappa shape index (κ1) is 20.5. The summed E-state index contributed by atoms with van der Waals surface area (Å²) in [4.78, 5) is 11.8. The number of aromatic nitrogens is 4. The minimum absolute atomic E-state index is 0.207. The van der Waals surface area contributed by atoms with Gasteiger partial charge >= 0.3 is 0 Å². The van der Waals surface area contributed by atoms with E-state index in [9.17, 15) is 22.4 Å². The number of rotatable bonds is 8. The third kappa shape index (κ3) is 4.88. The summed E-state index contributed by atoms with van der Waals surface area (Å²) in [6.07, 6.45) is -5.56. The van der Waals surface area contributed by atoms with Crippen molar-refractivity contribution < 1.29 is 22.4 Å². The molecule has 0 aliphatic heterocycles. The van der Waals surface area contributed by atoms with Gasteiger partial charge in [-0.2, -0.15) is 10.2 Å². The van der Waals surface area contributed by atoms with Crippen molar-refractivity contribution in [3.8, 4) is 0 Å². The molecule has 2 rings (SSSR count). The van der Waals surface area contributed by atoms with Gasteiger partial charge in [-0.3, -0.25) is 14.2 Å². The molecular weight excluding hydrogens is 401 g/mol. The second kappa shape index (κ2) is 8.72. The molecule has 0 unspecified atom stereocenters. The first-order chi connectivity index (χ1) is 12.2. The van der Waals surface area contributed by atoms with Crippen molar-refractivity contribution in [2.24, 2.45) is 0 Å². The van der Waals surface area contributed by atoms with Crippen molar-refractivity contribution in [3.63, 3.8) is 0 Å². The highest BCUT2D eigenvalue weighted by molar-refractivity contribution is 6.41. The van der Waals surface area contributed by atoms with Crippen molar-refractivity contribution in [3.05, 3.63) is 33.3 Å². The number of alkyl halides is 4. The molecule has 6 nitrogen and oxygen atoms in total. The molecule has 2 heterocycles. The molecular formula is C14H15Cl2F4N5O. The van der Waals surface area contributed by atoms with Crippen molar-refractivity contribution in [2.75, 3.05) is 6.54 Å². The van der Waals surface area contributed by atoms with E-state index in [1.807, 2.05) is 0 Å². The number of hydrogen-bond donors (Lipinski definition) is 1. The van der Waals surface area contributed by atoms with Crippen molar-refractivity contribution in [1.82, 2.24) is 24.9 Å². The second-order valence-corrected chi connectivity index (χ2v) is 6.11. The summed E-state index contributed by atoms with van der Waals surface area (Å²) in [5.74, 6) is -0.628. The van der Waals surface area contributed by atoms with E-state index in [2.05, 4.69) is 15.5 Å². The van der Waals surface area contributed by atoms with Crippen LogP contribution < -0.4 is 5.32 Å². The van der Waals surface area contributed by atoms with Crippen LogP contribution >= 0.6 is 23.2 Å². The van der Waals surface area contributed by atoms with Gasteiger partial charge in [0, 0.05) is 13.1 Å². The number of halogens is 6. The maximum absolute atomic E-state index is 12.9. The predicted molar refractivity (Wildman–Crippen MR) is 86.8 cm³/mol. The fraction of sp³-hybridized carbons (Fsp3) is 0.500. The van der Waals surface area contributed by atoms with Gasteiger partial charge in [0.15, 0.2) is 0 Å². The number of aryl methyl sites for hydroxylation is 2. The number of nitrogens with zero attached hydrogens (tertiary/aromatic N) is 4. The van der Waals surface area contributed by atoms with E-state index in [0.29, 0.717) is 34.4 Å². The van der Waals surface area contributed by atoms with Crippen LogP contribution in [0.25, 0.3) is 0 Å². The summed E-state index contributed by atoms with van der Waals surface area (Å²) >= 11 is 11.9. The first-order valence-corrected chi connectivity index (χ1v) is 8.25. The van der Waals surface area contributed by atoms with Crippen LogP contribution in [0, 0.1) is 6.92 Å². The quantitative estimate of drug-likeness (QED) is 0.527. The van der Waals surface area contributed by atoms with E-state index >= 15 is 0 Å². The van der Waals surface area contributed by atoms with Crippen molar-refractivity contribution >= 4 is 29.1 Å². The lowest BCUT2D eigenvalue weighted by Gasteiger charge is -2.08. The average molecular weight is 416 g/mol. The van der Waals surface area contributed by atoms with Crippen LogP contribution in [-0.2, 0) is 17.9 Å². The molecule has 0 fully saturated rings. The highest BCUT2D eigenvalue weighted by atomic mass is 35.5. The molecule has 0 bridgehead atoms. The molecule has 0 aliphatic carbocycles. The number of hydrogen-bond acceptors (Lipinski definition) is 3. The van der Waals surface area contributed by atoms with Gasteiger partial charge < -0.3 is 5.32 Å². The summed E-state index contributed by atoms with van der Waals surface area (Å²) < 4.78 is 52.9. The molecule has 144 valence electrons. The Kier molecular flexibility index (Phi) is 6.87. The molecule has 0 saturated heterocycles. The third-order valence-electron chi connectivity index (χ3n) is 3.44. The number of amides is 1. The Hall–Kier alpha value is -1.81. The van der Waals surface area contributed by atoms with Gasteiger partial charge in [-0.25, -0.2) is 17.6 Å². The Morgan fingerprint density at radius 2 is 1.88 bits per heavy atom. The second-order valence-electron chi connectivity index (χ2n) is 5.37. The van der Waals surface area contributed by atoms with Crippen LogP contribution in [-0.4, -0.2) is 32.0 Å². The van der Waals surface area contributed by atoms with Crippen LogP contribution in [0.2, 0.25) is 10.2 Å². The van der Waals surface area contributed by atoms with Crippen LogP contribution in [0.5, 0.6) is 0 Å². The van der Waals surface area contributed by atoms with E-state index < -0.39 is 36.7 Å². The fourth-order valence-electron chi connectivity index (χ4n) is 2.19. The van der Waals surface area contributed by atoms with Gasteiger partial charge in [0.25, 0.3) is 12.9 Å². The zero-order valence-electron chi connectivity index (χ0n) is 13.5. The molecule has 0 aromatic carbocycles. The number of carbonyl (C=O) groups excluding carboxylic acids is 1. The molecule has 26 heavy (non-hydrogen) atoms. The SMILES string of the molecule is Cc1nn(CCCNC(=O)Cn2nc(C(F)F)cc2C(F)F)c(Cl)c1Cl. The lowest BCUT2D eigenvalue weighted by molar-refractivity contribution is -0.121. The molecule has 0 radical (unpaired) electrons. The zero-order chi connectivity index (χ0) is 19.4. The molecule has 2 aromatic heterocycles. The molecule has 0 aliphatic rings. The lowest BCUT2D eigenvalue weighted by Crippen LogP contribution is -2.30. The highest BCUT2D eigenvalue weighted by Crippen LogP contribution is 2.25. The van der Waals surface area contributed by atoms with Gasteiger partial charge in [-0.15, -0.1) is 0 Å². The van der Waals surface area contributed by atoms with E-state index in [-0.39, 0.29) is 11.7 Å². The normalized spacial score (nSPS) is 11.6. The Morgan fingerprint density at radius 1 is 1.19 bits per heavy atom.